The molecule has 0 fully saturated rings. The molecule has 0 radical (unpaired) electrons. The number of unbranched alkanes of at least 4 members (excludes halogenated alkanes) is 1. The van der Waals surface area contributed by atoms with Crippen LogP contribution in [0.4, 0.5) is 0 Å². The summed E-state index contributed by atoms with van der Waals surface area (Å²) in [4.78, 5) is 0. The van der Waals surface area contributed by atoms with E-state index in [0.29, 0.717) is 0 Å². The van der Waals surface area contributed by atoms with Crippen LogP contribution in [0.25, 0.3) is 0 Å². The molecule has 0 atom stereocenters. The lowest BCUT2D eigenvalue weighted by atomic mass is 10.4. The molecule has 0 bridgehead atoms. The van der Waals surface area contributed by atoms with Gasteiger partial charge in [0.15, 0.2) is 16.0 Å². The quantitative estimate of drug-likeness (QED) is 0.427. The molecule has 52 valence electrons. The van der Waals surface area contributed by atoms with E-state index < -0.39 is 0 Å². The van der Waals surface area contributed by atoms with Crippen molar-refractivity contribution < 1.29 is 0 Å². The van der Waals surface area contributed by atoms with E-state index in [9.17, 15) is 0 Å². The minimum Gasteiger partial charge on any atom is -0.0645 e. The van der Waals surface area contributed by atoms with E-state index >= 15 is 0 Å². The molecule has 10 heavy (non-hydrogen) atoms. The summed E-state index contributed by atoms with van der Waals surface area (Å²) in [6, 6.07) is 4.12. The largest absolute Gasteiger partial charge is 0.181 e. The van der Waals surface area contributed by atoms with E-state index in [4.69, 9.17) is 0 Å². The van der Waals surface area contributed by atoms with Gasteiger partial charge in [-0.05, 0) is 24.5 Å². The number of rotatable bonds is 1. The highest BCUT2D eigenvalue weighted by molar-refractivity contribution is 7.34. The van der Waals surface area contributed by atoms with Gasteiger partial charge in [-0.3, -0.25) is 0 Å². The zero-order valence-corrected chi connectivity index (χ0v) is 6.95. The van der Waals surface area contributed by atoms with Gasteiger partial charge in [-0.1, -0.05) is 6.92 Å². The van der Waals surface area contributed by atoms with Gasteiger partial charge in [-0.25, -0.2) is 0 Å². The molecule has 1 heteroatoms. The summed E-state index contributed by atoms with van der Waals surface area (Å²) in [5, 5.41) is 7.47. The second-order valence-corrected chi connectivity index (χ2v) is 3.55. The minimum absolute atomic E-state index is 0.149. The van der Waals surface area contributed by atoms with Gasteiger partial charge in [0.25, 0.3) is 0 Å². The lowest BCUT2D eigenvalue weighted by Gasteiger charge is -1.71. The van der Waals surface area contributed by atoms with Crippen LogP contribution in [-0.4, -0.2) is 0 Å². The Labute approximate surface area is 64.9 Å². The first-order valence-electron chi connectivity index (χ1n) is 3.49. The number of thiophene rings is 1. The van der Waals surface area contributed by atoms with Crippen LogP contribution in [0.1, 0.15) is 19.8 Å². The first-order valence-corrected chi connectivity index (χ1v) is 4.84. The molecule has 0 N–H and O–H groups in total. The predicted octanol–water partition coefficient (Wildman–Crippen LogP) is 3.04. The molecule has 0 unspecified atom stereocenters. The first-order chi connectivity index (χ1) is 4.93. The molecule has 0 aliphatic heterocycles. The molecular formula is C9H11S+. The summed E-state index contributed by atoms with van der Waals surface area (Å²) >= 11 is 0. The van der Waals surface area contributed by atoms with E-state index in [-0.39, 0.29) is 10.5 Å². The van der Waals surface area contributed by atoms with Crippen LogP contribution in [-0.2, 0) is 0 Å². The Morgan fingerprint density at radius 3 is 2.60 bits per heavy atom. The summed E-state index contributed by atoms with van der Waals surface area (Å²) in [6.45, 7) is 2.15. The van der Waals surface area contributed by atoms with Gasteiger partial charge in [0.05, 0.1) is 10.5 Å². The molecule has 1 heterocycles. The zero-order valence-electron chi connectivity index (χ0n) is 6.13. The second kappa shape index (κ2) is 4.14. The molecule has 0 saturated heterocycles. The maximum atomic E-state index is 3.19. The van der Waals surface area contributed by atoms with Crippen molar-refractivity contribution in [3.63, 3.8) is 0 Å². The SMILES string of the molecule is CCCC#C[s+]1cccc1. The van der Waals surface area contributed by atoms with Crippen LogP contribution in [0.5, 0.6) is 0 Å². The Kier molecular flexibility index (Phi) is 3.05. The normalized spacial score (nSPS) is 8.50. The highest BCUT2D eigenvalue weighted by Gasteiger charge is 1.92. The maximum Gasteiger partial charge on any atom is 0.181 e. The van der Waals surface area contributed by atoms with Crippen LogP contribution in [0.2, 0.25) is 0 Å². The Balaban J connectivity index is 2.49. The monoisotopic (exact) mass is 151 g/mol. The number of hydrogen-bond acceptors (Lipinski definition) is 0. The van der Waals surface area contributed by atoms with E-state index in [1.807, 2.05) is 0 Å². The van der Waals surface area contributed by atoms with E-state index in [1.165, 1.54) is 0 Å². The van der Waals surface area contributed by atoms with Gasteiger partial charge in [0.2, 0.25) is 0 Å². The minimum atomic E-state index is 0.149. The third-order valence-electron chi connectivity index (χ3n) is 1.13. The molecule has 0 nitrogen and oxygen atoms in total. The van der Waals surface area contributed by atoms with Gasteiger partial charge in [-0.2, -0.15) is 0 Å². The predicted molar refractivity (Wildman–Crippen MR) is 47.0 cm³/mol. The van der Waals surface area contributed by atoms with E-state index in [0.717, 1.165) is 12.8 Å². The third kappa shape index (κ3) is 2.24. The Morgan fingerprint density at radius 2 is 2.00 bits per heavy atom. The molecule has 0 amide bonds. The van der Waals surface area contributed by atoms with Crippen molar-refractivity contribution in [1.82, 2.24) is 0 Å². The number of hydrogen-bond donors (Lipinski definition) is 0. The van der Waals surface area contributed by atoms with Crippen molar-refractivity contribution in [3.05, 3.63) is 22.9 Å². The van der Waals surface area contributed by atoms with Gasteiger partial charge < -0.3 is 0 Å². The highest BCUT2D eigenvalue weighted by atomic mass is 32.2. The van der Waals surface area contributed by atoms with Crippen LogP contribution in [0.3, 0.4) is 0 Å². The van der Waals surface area contributed by atoms with Crippen molar-refractivity contribution >= 4 is 10.5 Å². The molecule has 1 rings (SSSR count). The first kappa shape index (κ1) is 7.37. The van der Waals surface area contributed by atoms with E-state index in [2.05, 4.69) is 41.0 Å². The Bertz CT molecular complexity index is 223. The van der Waals surface area contributed by atoms with Crippen molar-refractivity contribution in [1.29, 1.82) is 0 Å². The lowest BCUT2D eigenvalue weighted by Crippen LogP contribution is -1.58. The maximum absolute atomic E-state index is 3.19. The fourth-order valence-corrected chi connectivity index (χ4v) is 1.65. The van der Waals surface area contributed by atoms with Crippen molar-refractivity contribution in [2.24, 2.45) is 0 Å². The molecule has 0 aliphatic rings. The smallest absolute Gasteiger partial charge is 0.0645 e. The van der Waals surface area contributed by atoms with Gasteiger partial charge in [0.1, 0.15) is 0 Å². The summed E-state index contributed by atoms with van der Waals surface area (Å²) in [5.74, 6) is 3.14. The molecule has 0 aliphatic carbocycles. The van der Waals surface area contributed by atoms with Gasteiger partial charge in [0, 0.05) is 6.42 Å². The molecule has 0 spiro atoms. The molecular weight excluding hydrogens is 140 g/mol. The molecule has 0 saturated carbocycles. The van der Waals surface area contributed by atoms with Crippen LogP contribution in [0.15, 0.2) is 22.9 Å². The summed E-state index contributed by atoms with van der Waals surface area (Å²) in [7, 11) is 0.149. The van der Waals surface area contributed by atoms with Gasteiger partial charge >= 0.3 is 0 Å². The highest BCUT2D eigenvalue weighted by Crippen LogP contribution is 2.13. The molecule has 1 aromatic rings. The van der Waals surface area contributed by atoms with Crippen LogP contribution >= 0.6 is 10.5 Å². The molecule has 0 aromatic carbocycles. The van der Waals surface area contributed by atoms with Crippen LogP contribution < -0.4 is 0 Å². The third-order valence-corrected chi connectivity index (χ3v) is 2.41. The summed E-state index contributed by atoms with van der Waals surface area (Å²) in [5.41, 5.74) is 0. The lowest BCUT2D eigenvalue weighted by molar-refractivity contribution is 0.984. The average Bonchev–Trinajstić information content (AvgIpc) is 2.41. The Hall–Kier alpha value is -0.740. The van der Waals surface area contributed by atoms with Crippen molar-refractivity contribution in [2.45, 2.75) is 19.8 Å². The summed E-state index contributed by atoms with van der Waals surface area (Å²) < 4.78 is 0. The van der Waals surface area contributed by atoms with Crippen LogP contribution in [0, 0.1) is 11.2 Å². The Morgan fingerprint density at radius 1 is 1.30 bits per heavy atom. The topological polar surface area (TPSA) is 0 Å². The van der Waals surface area contributed by atoms with E-state index in [1.54, 1.807) is 0 Å². The van der Waals surface area contributed by atoms with Crippen molar-refractivity contribution in [3.8, 4) is 11.2 Å². The fourth-order valence-electron chi connectivity index (χ4n) is 0.633. The van der Waals surface area contributed by atoms with Crippen molar-refractivity contribution in [2.75, 3.05) is 0 Å². The summed E-state index contributed by atoms with van der Waals surface area (Å²) in [6.07, 6.45) is 2.20. The molecule has 1 aromatic heterocycles. The standard InChI is InChI=1S/C9H11S/c1-2-3-4-7-10-8-5-6-9-10/h5-6,8-9H,2-3H2,1H3/q+1. The zero-order chi connectivity index (χ0) is 7.23. The van der Waals surface area contributed by atoms with Gasteiger partial charge in [-0.15, -0.1) is 0 Å². The average molecular weight is 151 g/mol. The second-order valence-electron chi connectivity index (χ2n) is 2.06. The fraction of sp³-hybridized carbons (Fsp3) is 0.333.